The van der Waals surface area contributed by atoms with Gasteiger partial charge in [-0.1, -0.05) is 0 Å². The number of rotatable bonds is 6. The van der Waals surface area contributed by atoms with E-state index in [9.17, 15) is 9.18 Å². The zero-order valence-corrected chi connectivity index (χ0v) is 11.7. The Hall–Kier alpha value is -1.30. The minimum atomic E-state index is -0.322. The number of carbonyl (C=O) groups excluding carboxylic acids is 1. The van der Waals surface area contributed by atoms with Crippen LogP contribution in [0.1, 0.15) is 16.8 Å². The lowest BCUT2D eigenvalue weighted by atomic mass is 10.1. The van der Waals surface area contributed by atoms with E-state index in [4.69, 9.17) is 9.47 Å². The molecule has 0 bridgehead atoms. The molecular formula is C15H20FNO3. The molecule has 20 heavy (non-hydrogen) atoms. The SMILES string of the molecule is COC[C@@H]1CN(CCC(=O)c2ccc(F)cc2)CCO1. The summed E-state index contributed by atoms with van der Waals surface area (Å²) >= 11 is 0. The summed E-state index contributed by atoms with van der Waals surface area (Å²) in [5.74, 6) is -0.281. The molecule has 1 atom stereocenters. The molecule has 1 aromatic carbocycles. The Bertz CT molecular complexity index is 433. The van der Waals surface area contributed by atoms with Crippen molar-refractivity contribution in [1.29, 1.82) is 0 Å². The summed E-state index contributed by atoms with van der Waals surface area (Å²) in [6, 6.07) is 5.70. The van der Waals surface area contributed by atoms with Crippen LogP contribution in [0.5, 0.6) is 0 Å². The van der Waals surface area contributed by atoms with Crippen LogP contribution in [0.3, 0.4) is 0 Å². The fraction of sp³-hybridized carbons (Fsp3) is 0.533. The maximum atomic E-state index is 12.8. The first-order chi connectivity index (χ1) is 9.69. The molecule has 0 unspecified atom stereocenters. The largest absolute Gasteiger partial charge is 0.382 e. The number of morpholine rings is 1. The molecule has 0 aromatic heterocycles. The van der Waals surface area contributed by atoms with Gasteiger partial charge in [0, 0.05) is 38.7 Å². The number of carbonyl (C=O) groups is 1. The van der Waals surface area contributed by atoms with Crippen molar-refractivity contribution in [3.8, 4) is 0 Å². The monoisotopic (exact) mass is 281 g/mol. The van der Waals surface area contributed by atoms with Crippen LogP contribution < -0.4 is 0 Å². The Morgan fingerprint density at radius 2 is 2.20 bits per heavy atom. The number of nitrogens with zero attached hydrogens (tertiary/aromatic N) is 1. The van der Waals surface area contributed by atoms with Crippen molar-refractivity contribution < 1.29 is 18.7 Å². The van der Waals surface area contributed by atoms with E-state index in [0.29, 0.717) is 31.7 Å². The lowest BCUT2D eigenvalue weighted by Crippen LogP contribution is -2.44. The molecule has 5 heteroatoms. The number of methoxy groups -OCH3 is 1. The highest BCUT2D eigenvalue weighted by molar-refractivity contribution is 5.96. The fourth-order valence-electron chi connectivity index (χ4n) is 2.31. The molecule has 0 amide bonds. The third-order valence-electron chi connectivity index (χ3n) is 3.40. The van der Waals surface area contributed by atoms with E-state index in [2.05, 4.69) is 4.90 Å². The van der Waals surface area contributed by atoms with Gasteiger partial charge < -0.3 is 9.47 Å². The van der Waals surface area contributed by atoms with Gasteiger partial charge in [-0.05, 0) is 24.3 Å². The van der Waals surface area contributed by atoms with Crippen LogP contribution in [0, 0.1) is 5.82 Å². The van der Waals surface area contributed by atoms with E-state index < -0.39 is 0 Å². The normalized spacial score (nSPS) is 20.0. The van der Waals surface area contributed by atoms with Gasteiger partial charge in [0.25, 0.3) is 0 Å². The van der Waals surface area contributed by atoms with E-state index in [0.717, 1.165) is 13.1 Å². The summed E-state index contributed by atoms with van der Waals surface area (Å²) in [6.07, 6.45) is 0.514. The number of hydrogen-bond acceptors (Lipinski definition) is 4. The van der Waals surface area contributed by atoms with Gasteiger partial charge in [0.05, 0.1) is 19.3 Å². The Morgan fingerprint density at radius 1 is 1.45 bits per heavy atom. The molecule has 0 N–H and O–H groups in total. The Morgan fingerprint density at radius 3 is 2.90 bits per heavy atom. The van der Waals surface area contributed by atoms with Gasteiger partial charge in [0.1, 0.15) is 5.82 Å². The van der Waals surface area contributed by atoms with Gasteiger partial charge in [0.2, 0.25) is 0 Å². The minimum Gasteiger partial charge on any atom is -0.382 e. The number of Topliss-reactive ketones (excluding diaryl/α,β-unsaturated/α-hetero) is 1. The quantitative estimate of drug-likeness (QED) is 0.745. The number of hydrogen-bond donors (Lipinski definition) is 0. The molecular weight excluding hydrogens is 261 g/mol. The smallest absolute Gasteiger partial charge is 0.164 e. The molecule has 0 radical (unpaired) electrons. The zero-order valence-electron chi connectivity index (χ0n) is 11.7. The second kappa shape index (κ2) is 7.47. The summed E-state index contributed by atoms with van der Waals surface area (Å²) in [4.78, 5) is 14.2. The molecule has 1 aliphatic heterocycles. The predicted molar refractivity (Wildman–Crippen MR) is 73.4 cm³/mol. The molecule has 1 heterocycles. The van der Waals surface area contributed by atoms with Gasteiger partial charge in [-0.2, -0.15) is 0 Å². The summed E-state index contributed by atoms with van der Waals surface area (Å²) in [6.45, 7) is 3.54. The second-order valence-electron chi connectivity index (χ2n) is 4.93. The molecule has 1 aliphatic rings. The summed E-state index contributed by atoms with van der Waals surface area (Å²) in [5, 5.41) is 0. The molecule has 0 spiro atoms. The highest BCUT2D eigenvalue weighted by atomic mass is 19.1. The van der Waals surface area contributed by atoms with Crippen molar-refractivity contribution in [2.75, 3.05) is 40.0 Å². The van der Waals surface area contributed by atoms with Gasteiger partial charge >= 0.3 is 0 Å². The Kier molecular flexibility index (Phi) is 5.64. The highest BCUT2D eigenvalue weighted by Gasteiger charge is 2.20. The fourth-order valence-corrected chi connectivity index (χ4v) is 2.31. The van der Waals surface area contributed by atoms with Crippen molar-refractivity contribution >= 4 is 5.78 Å². The van der Waals surface area contributed by atoms with Gasteiger partial charge in [-0.25, -0.2) is 4.39 Å². The van der Waals surface area contributed by atoms with Crippen LogP contribution >= 0.6 is 0 Å². The lowest BCUT2D eigenvalue weighted by molar-refractivity contribution is -0.0605. The number of benzene rings is 1. The number of ketones is 1. The summed E-state index contributed by atoms with van der Waals surface area (Å²) in [7, 11) is 1.65. The van der Waals surface area contributed by atoms with E-state index in [1.54, 1.807) is 7.11 Å². The Balaban J connectivity index is 1.79. The van der Waals surface area contributed by atoms with Gasteiger partial charge in [0.15, 0.2) is 5.78 Å². The number of halogens is 1. The first kappa shape index (κ1) is 15.1. The van der Waals surface area contributed by atoms with Crippen LogP contribution in [-0.4, -0.2) is 56.7 Å². The van der Waals surface area contributed by atoms with Crippen LogP contribution in [0.4, 0.5) is 4.39 Å². The van der Waals surface area contributed by atoms with Gasteiger partial charge in [-0.3, -0.25) is 9.69 Å². The third-order valence-corrected chi connectivity index (χ3v) is 3.40. The lowest BCUT2D eigenvalue weighted by Gasteiger charge is -2.32. The zero-order chi connectivity index (χ0) is 14.4. The topological polar surface area (TPSA) is 38.8 Å². The average Bonchev–Trinajstić information content (AvgIpc) is 2.46. The van der Waals surface area contributed by atoms with Gasteiger partial charge in [-0.15, -0.1) is 0 Å². The first-order valence-electron chi connectivity index (χ1n) is 6.80. The third kappa shape index (κ3) is 4.37. The molecule has 0 aliphatic carbocycles. The number of ether oxygens (including phenoxy) is 2. The van der Waals surface area contributed by atoms with E-state index in [1.165, 1.54) is 24.3 Å². The van der Waals surface area contributed by atoms with Crippen LogP contribution in [-0.2, 0) is 9.47 Å². The molecule has 110 valence electrons. The van der Waals surface area contributed by atoms with Crippen molar-refractivity contribution in [3.05, 3.63) is 35.6 Å². The van der Waals surface area contributed by atoms with Crippen molar-refractivity contribution in [1.82, 2.24) is 4.90 Å². The average molecular weight is 281 g/mol. The summed E-state index contributed by atoms with van der Waals surface area (Å²) in [5.41, 5.74) is 0.563. The van der Waals surface area contributed by atoms with Crippen molar-refractivity contribution in [2.45, 2.75) is 12.5 Å². The molecule has 1 aromatic rings. The van der Waals surface area contributed by atoms with E-state index >= 15 is 0 Å². The Labute approximate surface area is 118 Å². The highest BCUT2D eigenvalue weighted by Crippen LogP contribution is 2.09. The predicted octanol–water partition coefficient (Wildman–Crippen LogP) is 1.75. The summed E-state index contributed by atoms with van der Waals surface area (Å²) < 4.78 is 23.4. The van der Waals surface area contributed by atoms with Crippen molar-refractivity contribution in [2.24, 2.45) is 0 Å². The first-order valence-corrected chi connectivity index (χ1v) is 6.80. The molecule has 0 saturated carbocycles. The van der Waals surface area contributed by atoms with Crippen LogP contribution in [0.15, 0.2) is 24.3 Å². The standard InChI is InChI=1S/C15H20FNO3/c1-19-11-14-10-17(8-9-20-14)7-6-15(18)12-2-4-13(16)5-3-12/h2-5,14H,6-11H2,1H3/t14-/m0/s1. The second-order valence-corrected chi connectivity index (χ2v) is 4.93. The maximum absolute atomic E-state index is 12.8. The van der Waals surface area contributed by atoms with E-state index in [1.807, 2.05) is 0 Å². The maximum Gasteiger partial charge on any atom is 0.164 e. The van der Waals surface area contributed by atoms with Crippen molar-refractivity contribution in [3.63, 3.8) is 0 Å². The molecule has 4 nitrogen and oxygen atoms in total. The molecule has 1 fully saturated rings. The minimum absolute atomic E-state index is 0.0415. The molecule has 1 saturated heterocycles. The van der Waals surface area contributed by atoms with Crippen LogP contribution in [0.2, 0.25) is 0 Å². The van der Waals surface area contributed by atoms with E-state index in [-0.39, 0.29) is 17.7 Å². The molecule has 2 rings (SSSR count). The van der Waals surface area contributed by atoms with Crippen LogP contribution in [0.25, 0.3) is 0 Å².